The number of hydrogen-bond donors (Lipinski definition) is 0. The van der Waals surface area contributed by atoms with E-state index in [1.807, 2.05) is 25.7 Å². The van der Waals surface area contributed by atoms with Crippen LogP contribution in [0, 0.1) is 0 Å². The molecule has 2 aliphatic rings. The van der Waals surface area contributed by atoms with E-state index in [2.05, 4.69) is 35.2 Å². The molecule has 0 radical (unpaired) electrons. The molecule has 0 N–H and O–H groups in total. The summed E-state index contributed by atoms with van der Waals surface area (Å²) in [5.41, 5.74) is 1.01. The van der Waals surface area contributed by atoms with Gasteiger partial charge in [-0.2, -0.15) is 0 Å². The lowest BCUT2D eigenvalue weighted by molar-refractivity contribution is 0.0180. The van der Waals surface area contributed by atoms with Crippen molar-refractivity contribution in [1.82, 2.24) is 9.80 Å². The molecule has 0 aliphatic carbocycles. The van der Waals surface area contributed by atoms with E-state index in [0.717, 1.165) is 32.4 Å². The summed E-state index contributed by atoms with van der Waals surface area (Å²) in [6.07, 6.45) is 3.10. The summed E-state index contributed by atoms with van der Waals surface area (Å²) in [4.78, 5) is 16.6. The third kappa shape index (κ3) is 4.47. The lowest BCUT2D eigenvalue weighted by atomic mass is 10.0. The van der Waals surface area contributed by atoms with Crippen molar-refractivity contribution in [3.8, 4) is 0 Å². The van der Waals surface area contributed by atoms with Crippen LogP contribution < -0.4 is 0 Å². The molecule has 1 unspecified atom stereocenters. The van der Waals surface area contributed by atoms with Crippen LogP contribution in [0.25, 0.3) is 0 Å². The predicted molar refractivity (Wildman–Crippen MR) is 91.5 cm³/mol. The van der Waals surface area contributed by atoms with Crippen molar-refractivity contribution in [2.75, 3.05) is 19.6 Å². The SMILES string of the molecule is CC(C)(C)OC(=O)N1CCC(N2C[C@H]2Cc2ccccc2)CC1. The number of carbonyl (C=O) groups is 1. The zero-order valence-electron chi connectivity index (χ0n) is 14.5. The van der Waals surface area contributed by atoms with Gasteiger partial charge in [0.2, 0.25) is 0 Å². The van der Waals surface area contributed by atoms with Crippen molar-refractivity contribution in [3.05, 3.63) is 35.9 Å². The summed E-state index contributed by atoms with van der Waals surface area (Å²) >= 11 is 0. The van der Waals surface area contributed by atoms with Crippen molar-refractivity contribution in [2.45, 2.75) is 57.7 Å². The third-order valence-corrected chi connectivity index (χ3v) is 4.66. The van der Waals surface area contributed by atoms with Gasteiger partial charge in [-0.3, -0.25) is 4.90 Å². The summed E-state index contributed by atoms with van der Waals surface area (Å²) < 4.78 is 5.46. The topological polar surface area (TPSA) is 32.5 Å². The van der Waals surface area contributed by atoms with Crippen LogP contribution in [0.1, 0.15) is 39.2 Å². The smallest absolute Gasteiger partial charge is 0.410 e. The summed E-state index contributed by atoms with van der Waals surface area (Å²) in [6.45, 7) is 8.58. The highest BCUT2D eigenvalue weighted by Crippen LogP contribution is 2.30. The average Bonchev–Trinajstić information content (AvgIpc) is 3.26. The normalized spacial score (nSPS) is 25.3. The second-order valence-corrected chi connectivity index (χ2v) is 7.74. The molecule has 2 atom stereocenters. The summed E-state index contributed by atoms with van der Waals surface area (Å²) in [5.74, 6) is 0. The first-order chi connectivity index (χ1) is 10.9. The van der Waals surface area contributed by atoms with E-state index < -0.39 is 5.60 Å². The van der Waals surface area contributed by atoms with E-state index in [-0.39, 0.29) is 6.09 Å². The van der Waals surface area contributed by atoms with Crippen molar-refractivity contribution < 1.29 is 9.53 Å². The van der Waals surface area contributed by atoms with Crippen LogP contribution in [0.3, 0.4) is 0 Å². The molecule has 0 aromatic heterocycles. The van der Waals surface area contributed by atoms with E-state index in [9.17, 15) is 4.79 Å². The van der Waals surface area contributed by atoms with Gasteiger partial charge in [-0.05, 0) is 45.6 Å². The monoisotopic (exact) mass is 316 g/mol. The molecule has 1 amide bonds. The molecule has 4 heteroatoms. The second-order valence-electron chi connectivity index (χ2n) is 7.74. The Bertz CT molecular complexity index is 530. The predicted octanol–water partition coefficient (Wildman–Crippen LogP) is 3.31. The molecule has 23 heavy (non-hydrogen) atoms. The second kappa shape index (κ2) is 6.52. The number of piperidine rings is 1. The minimum absolute atomic E-state index is 0.164. The number of ether oxygens (including phenoxy) is 1. The number of nitrogens with zero attached hydrogens (tertiary/aromatic N) is 2. The Kier molecular flexibility index (Phi) is 4.62. The third-order valence-electron chi connectivity index (χ3n) is 4.66. The Balaban J connectivity index is 1.43. The Morgan fingerprint density at radius 2 is 1.83 bits per heavy atom. The molecule has 3 rings (SSSR count). The van der Waals surface area contributed by atoms with Crippen LogP contribution in [-0.2, 0) is 11.2 Å². The van der Waals surface area contributed by atoms with Crippen molar-refractivity contribution in [2.24, 2.45) is 0 Å². The highest BCUT2D eigenvalue weighted by molar-refractivity contribution is 5.68. The molecule has 4 nitrogen and oxygen atoms in total. The summed E-state index contributed by atoms with van der Waals surface area (Å²) in [5, 5.41) is 0. The first-order valence-corrected chi connectivity index (χ1v) is 8.70. The molecule has 2 aliphatic heterocycles. The van der Waals surface area contributed by atoms with Crippen LogP contribution in [0.15, 0.2) is 30.3 Å². The first kappa shape index (κ1) is 16.3. The molecule has 1 aromatic rings. The Labute approximate surface area is 139 Å². The summed E-state index contributed by atoms with van der Waals surface area (Å²) in [7, 11) is 0. The van der Waals surface area contributed by atoms with Crippen molar-refractivity contribution >= 4 is 6.09 Å². The van der Waals surface area contributed by atoms with Gasteiger partial charge >= 0.3 is 6.09 Å². The molecular formula is C19H28N2O2. The van der Waals surface area contributed by atoms with Gasteiger partial charge in [-0.1, -0.05) is 30.3 Å². The number of rotatable bonds is 3. The van der Waals surface area contributed by atoms with E-state index in [4.69, 9.17) is 4.74 Å². The minimum Gasteiger partial charge on any atom is -0.444 e. The molecule has 2 saturated heterocycles. The van der Waals surface area contributed by atoms with Gasteiger partial charge < -0.3 is 9.64 Å². The highest BCUT2D eigenvalue weighted by atomic mass is 16.6. The standard InChI is InChI=1S/C19H28N2O2/c1-19(2,3)23-18(22)20-11-9-16(10-12-20)21-14-17(21)13-15-7-5-4-6-8-15/h4-8,16-17H,9-14H2,1-3H3/t17-,21?/m1/s1. The maximum Gasteiger partial charge on any atom is 0.410 e. The number of amides is 1. The van der Waals surface area contributed by atoms with Crippen LogP contribution in [0.4, 0.5) is 4.79 Å². The number of benzene rings is 1. The molecule has 2 heterocycles. The lowest BCUT2D eigenvalue weighted by Crippen LogP contribution is -2.44. The van der Waals surface area contributed by atoms with Gasteiger partial charge in [-0.25, -0.2) is 4.79 Å². The van der Waals surface area contributed by atoms with Gasteiger partial charge in [0.1, 0.15) is 5.60 Å². The molecular weight excluding hydrogens is 288 g/mol. The number of likely N-dealkylation sites (tertiary alicyclic amines) is 1. The molecule has 2 fully saturated rings. The van der Waals surface area contributed by atoms with Crippen LogP contribution in [0.5, 0.6) is 0 Å². The Morgan fingerprint density at radius 3 is 2.43 bits per heavy atom. The van der Waals surface area contributed by atoms with E-state index >= 15 is 0 Å². The maximum atomic E-state index is 12.1. The first-order valence-electron chi connectivity index (χ1n) is 8.70. The minimum atomic E-state index is -0.408. The zero-order chi connectivity index (χ0) is 16.4. The van der Waals surface area contributed by atoms with Crippen molar-refractivity contribution in [1.29, 1.82) is 0 Å². The fourth-order valence-electron chi connectivity index (χ4n) is 3.42. The average molecular weight is 316 g/mol. The number of hydrogen-bond acceptors (Lipinski definition) is 3. The van der Waals surface area contributed by atoms with Gasteiger partial charge in [0, 0.05) is 31.7 Å². The van der Waals surface area contributed by atoms with Gasteiger partial charge in [0.25, 0.3) is 0 Å². The van der Waals surface area contributed by atoms with Crippen LogP contribution in [0.2, 0.25) is 0 Å². The molecule has 126 valence electrons. The highest BCUT2D eigenvalue weighted by Gasteiger charge is 2.41. The fourth-order valence-corrected chi connectivity index (χ4v) is 3.42. The Morgan fingerprint density at radius 1 is 1.17 bits per heavy atom. The summed E-state index contributed by atoms with van der Waals surface area (Å²) in [6, 6.07) is 12.0. The van der Waals surface area contributed by atoms with Crippen molar-refractivity contribution in [3.63, 3.8) is 0 Å². The van der Waals surface area contributed by atoms with E-state index in [1.165, 1.54) is 12.1 Å². The van der Waals surface area contributed by atoms with Gasteiger partial charge in [0.15, 0.2) is 0 Å². The quantitative estimate of drug-likeness (QED) is 0.802. The number of carbonyl (C=O) groups excluding carboxylic acids is 1. The van der Waals surface area contributed by atoms with Crippen LogP contribution in [-0.4, -0.2) is 53.2 Å². The largest absolute Gasteiger partial charge is 0.444 e. The molecule has 0 spiro atoms. The lowest BCUT2D eigenvalue weighted by Gasteiger charge is -2.34. The molecule has 0 bridgehead atoms. The van der Waals surface area contributed by atoms with Crippen LogP contribution >= 0.6 is 0 Å². The van der Waals surface area contributed by atoms with Gasteiger partial charge in [0.05, 0.1) is 0 Å². The molecule has 1 aromatic carbocycles. The fraction of sp³-hybridized carbons (Fsp3) is 0.632. The Hall–Kier alpha value is -1.55. The van der Waals surface area contributed by atoms with E-state index in [1.54, 1.807) is 0 Å². The van der Waals surface area contributed by atoms with Gasteiger partial charge in [-0.15, -0.1) is 0 Å². The maximum absolute atomic E-state index is 12.1. The molecule has 0 saturated carbocycles. The zero-order valence-corrected chi connectivity index (χ0v) is 14.5. The van der Waals surface area contributed by atoms with E-state index in [0.29, 0.717) is 12.1 Å².